The predicted octanol–water partition coefficient (Wildman–Crippen LogP) is 2.47. The number of rotatable bonds is 6. The molecule has 2 aromatic heterocycles. The van der Waals surface area contributed by atoms with Crippen LogP contribution in [-0.2, 0) is 19.7 Å². The summed E-state index contributed by atoms with van der Waals surface area (Å²) in [5, 5.41) is 19.6. The van der Waals surface area contributed by atoms with Gasteiger partial charge in [-0.1, -0.05) is 22.9 Å². The zero-order valence-corrected chi connectivity index (χ0v) is 15.0. The standard InChI is InChI=1S/C16H15ClN6O4/c1-16(9-21-7-14(23(24)25)18-15(21)27-16)10-22-6-12(19-20-22)8-26-13-4-2-3-11(17)5-13/h2-7H,8-10H2,1H3. The number of halogens is 1. The molecule has 0 fully saturated rings. The van der Waals surface area contributed by atoms with Gasteiger partial charge in [-0.25, -0.2) is 4.68 Å². The van der Waals surface area contributed by atoms with Crippen molar-refractivity contribution in [2.24, 2.45) is 0 Å². The van der Waals surface area contributed by atoms with Crippen LogP contribution >= 0.6 is 11.6 Å². The minimum Gasteiger partial charge on any atom is -0.487 e. The number of ether oxygens (including phenoxy) is 2. The van der Waals surface area contributed by atoms with E-state index in [-0.39, 0.29) is 18.4 Å². The average molecular weight is 391 g/mol. The van der Waals surface area contributed by atoms with Crippen molar-refractivity contribution in [1.29, 1.82) is 0 Å². The van der Waals surface area contributed by atoms with Crippen LogP contribution in [0.3, 0.4) is 0 Å². The lowest BCUT2D eigenvalue weighted by molar-refractivity contribution is -0.389. The van der Waals surface area contributed by atoms with Crippen molar-refractivity contribution in [3.8, 4) is 11.8 Å². The number of imidazole rings is 1. The topological polar surface area (TPSA) is 110 Å². The molecule has 1 atom stereocenters. The maximum Gasteiger partial charge on any atom is 0.415 e. The number of aromatic nitrogens is 5. The second-order valence-corrected chi connectivity index (χ2v) is 6.91. The van der Waals surface area contributed by atoms with Gasteiger partial charge >= 0.3 is 11.8 Å². The summed E-state index contributed by atoms with van der Waals surface area (Å²) in [4.78, 5) is 14.1. The minimum absolute atomic E-state index is 0.228. The second-order valence-electron chi connectivity index (χ2n) is 6.47. The summed E-state index contributed by atoms with van der Waals surface area (Å²) < 4.78 is 14.7. The van der Waals surface area contributed by atoms with Gasteiger partial charge in [0.2, 0.25) is 0 Å². The lowest BCUT2D eigenvalue weighted by Gasteiger charge is -2.21. The highest BCUT2D eigenvalue weighted by Gasteiger charge is 2.40. The van der Waals surface area contributed by atoms with Gasteiger partial charge in [-0.15, -0.1) is 5.10 Å². The summed E-state index contributed by atoms with van der Waals surface area (Å²) in [6.07, 6.45) is 3.13. The molecule has 0 saturated heterocycles. The zero-order chi connectivity index (χ0) is 19.0. The van der Waals surface area contributed by atoms with Crippen molar-refractivity contribution in [1.82, 2.24) is 24.5 Å². The van der Waals surface area contributed by atoms with E-state index in [2.05, 4.69) is 15.3 Å². The molecular weight excluding hydrogens is 376 g/mol. The van der Waals surface area contributed by atoms with E-state index in [9.17, 15) is 10.1 Å². The fourth-order valence-electron chi connectivity index (χ4n) is 2.90. The van der Waals surface area contributed by atoms with Gasteiger partial charge in [0.1, 0.15) is 29.8 Å². The summed E-state index contributed by atoms with van der Waals surface area (Å²) in [5.74, 6) is 0.420. The van der Waals surface area contributed by atoms with Crippen LogP contribution in [0.15, 0.2) is 36.7 Å². The first-order valence-electron chi connectivity index (χ1n) is 8.08. The first kappa shape index (κ1) is 17.3. The molecule has 1 aliphatic heterocycles. The predicted molar refractivity (Wildman–Crippen MR) is 93.7 cm³/mol. The SMILES string of the molecule is CC1(Cn2cc(COc3cccc(Cl)c3)nn2)Cn2cc([N+](=O)[O-])nc2O1. The second kappa shape index (κ2) is 6.54. The largest absolute Gasteiger partial charge is 0.487 e. The molecule has 1 unspecified atom stereocenters. The molecule has 11 heteroatoms. The van der Waals surface area contributed by atoms with Crippen molar-refractivity contribution in [2.45, 2.75) is 32.2 Å². The van der Waals surface area contributed by atoms with E-state index in [4.69, 9.17) is 21.1 Å². The Balaban J connectivity index is 1.37. The van der Waals surface area contributed by atoms with Crippen molar-refractivity contribution < 1.29 is 14.4 Å². The van der Waals surface area contributed by atoms with Gasteiger partial charge in [0.15, 0.2) is 0 Å². The van der Waals surface area contributed by atoms with E-state index in [1.165, 1.54) is 6.20 Å². The number of nitrogens with zero attached hydrogens (tertiary/aromatic N) is 6. The lowest BCUT2D eigenvalue weighted by atomic mass is 10.1. The van der Waals surface area contributed by atoms with Crippen LogP contribution in [0.25, 0.3) is 0 Å². The molecule has 10 nitrogen and oxygen atoms in total. The summed E-state index contributed by atoms with van der Waals surface area (Å²) in [5.41, 5.74) is 0.0286. The first-order valence-corrected chi connectivity index (χ1v) is 8.46. The molecule has 0 amide bonds. The normalized spacial score (nSPS) is 18.1. The molecule has 0 radical (unpaired) electrons. The summed E-state index contributed by atoms with van der Waals surface area (Å²) >= 11 is 5.93. The molecule has 27 heavy (non-hydrogen) atoms. The van der Waals surface area contributed by atoms with Gasteiger partial charge in [-0.3, -0.25) is 4.57 Å². The molecule has 0 N–H and O–H groups in total. The van der Waals surface area contributed by atoms with E-state index in [1.807, 2.05) is 13.0 Å². The van der Waals surface area contributed by atoms with Crippen LogP contribution < -0.4 is 9.47 Å². The minimum atomic E-state index is -0.629. The Morgan fingerprint density at radius 3 is 3.04 bits per heavy atom. The monoisotopic (exact) mass is 390 g/mol. The van der Waals surface area contributed by atoms with Gasteiger partial charge < -0.3 is 19.6 Å². The Kier molecular flexibility index (Phi) is 4.19. The highest BCUT2D eigenvalue weighted by Crippen LogP contribution is 2.31. The van der Waals surface area contributed by atoms with Crippen molar-refractivity contribution >= 4 is 17.4 Å². The number of nitro groups is 1. The van der Waals surface area contributed by atoms with Gasteiger partial charge in [-0.05, 0) is 30.0 Å². The third-order valence-electron chi connectivity index (χ3n) is 4.02. The fourth-order valence-corrected chi connectivity index (χ4v) is 3.08. The number of hydrogen-bond acceptors (Lipinski definition) is 7. The van der Waals surface area contributed by atoms with Crippen LogP contribution in [0.5, 0.6) is 11.8 Å². The summed E-state index contributed by atoms with van der Waals surface area (Å²) in [6.45, 7) is 2.98. The van der Waals surface area contributed by atoms with Gasteiger partial charge in [0.25, 0.3) is 0 Å². The van der Waals surface area contributed by atoms with Gasteiger partial charge in [0.05, 0.1) is 19.3 Å². The highest BCUT2D eigenvalue weighted by atomic mass is 35.5. The Hall–Kier alpha value is -3.14. The van der Waals surface area contributed by atoms with E-state index >= 15 is 0 Å². The van der Waals surface area contributed by atoms with Crippen LogP contribution in [0, 0.1) is 10.1 Å². The molecule has 3 aromatic rings. The first-order chi connectivity index (χ1) is 12.9. The average Bonchev–Trinajstić information content (AvgIpc) is 3.26. The number of benzene rings is 1. The van der Waals surface area contributed by atoms with Crippen LogP contribution in [0.2, 0.25) is 5.02 Å². The Labute approximate surface area is 158 Å². The molecule has 0 saturated carbocycles. The summed E-state index contributed by atoms with van der Waals surface area (Å²) in [6, 6.07) is 7.34. The molecule has 0 spiro atoms. The van der Waals surface area contributed by atoms with Gasteiger partial charge in [0, 0.05) is 10.0 Å². The Bertz CT molecular complexity index is 977. The lowest BCUT2D eigenvalue weighted by Crippen LogP contribution is -2.36. The van der Waals surface area contributed by atoms with Crippen molar-refractivity contribution in [3.63, 3.8) is 0 Å². The Morgan fingerprint density at radius 1 is 1.44 bits per heavy atom. The van der Waals surface area contributed by atoms with E-state index in [0.717, 1.165) is 0 Å². The molecule has 1 aliphatic rings. The highest BCUT2D eigenvalue weighted by molar-refractivity contribution is 6.30. The fraction of sp³-hybridized carbons (Fsp3) is 0.312. The molecule has 0 aliphatic carbocycles. The molecule has 1 aromatic carbocycles. The van der Waals surface area contributed by atoms with Crippen LogP contribution in [0.4, 0.5) is 5.82 Å². The quantitative estimate of drug-likeness (QED) is 0.469. The van der Waals surface area contributed by atoms with Crippen LogP contribution in [0.1, 0.15) is 12.6 Å². The zero-order valence-electron chi connectivity index (χ0n) is 14.3. The molecular formula is C16H15ClN6O4. The smallest absolute Gasteiger partial charge is 0.415 e. The molecule has 140 valence electrons. The number of hydrogen-bond donors (Lipinski definition) is 0. The Morgan fingerprint density at radius 2 is 2.30 bits per heavy atom. The van der Waals surface area contributed by atoms with Crippen molar-refractivity contribution in [3.05, 3.63) is 57.5 Å². The number of fused-ring (bicyclic) bond motifs is 1. The van der Waals surface area contributed by atoms with Gasteiger partial charge in [-0.2, -0.15) is 0 Å². The summed E-state index contributed by atoms with van der Waals surface area (Å²) in [7, 11) is 0. The van der Waals surface area contributed by atoms with Crippen LogP contribution in [-0.4, -0.2) is 35.1 Å². The molecule has 4 rings (SSSR count). The van der Waals surface area contributed by atoms with E-state index in [0.29, 0.717) is 29.6 Å². The third-order valence-corrected chi connectivity index (χ3v) is 4.26. The van der Waals surface area contributed by atoms with Crippen molar-refractivity contribution in [2.75, 3.05) is 0 Å². The maximum atomic E-state index is 10.8. The molecule has 3 heterocycles. The molecule has 0 bridgehead atoms. The third kappa shape index (κ3) is 3.70. The maximum absolute atomic E-state index is 10.8. The van der Waals surface area contributed by atoms with E-state index in [1.54, 1.807) is 33.6 Å². The van der Waals surface area contributed by atoms with E-state index < -0.39 is 10.5 Å².